The second-order valence-corrected chi connectivity index (χ2v) is 9.07. The highest BCUT2D eigenvalue weighted by Gasteiger charge is 2.55. The van der Waals surface area contributed by atoms with Gasteiger partial charge in [0.05, 0.1) is 18.5 Å². The van der Waals surface area contributed by atoms with Gasteiger partial charge in [0.25, 0.3) is 0 Å². The molecule has 27 heavy (non-hydrogen) atoms. The number of nitrogens with two attached hydrogens (primary N) is 1. The lowest BCUT2D eigenvalue weighted by Gasteiger charge is -2.57. The number of carbonyl (C=O) groups excluding carboxylic acids is 1. The zero-order chi connectivity index (χ0) is 17.7. The van der Waals surface area contributed by atoms with Crippen LogP contribution in [0.25, 0.3) is 0 Å². The van der Waals surface area contributed by atoms with Crippen LogP contribution in [0.15, 0.2) is 4.52 Å². The Morgan fingerprint density at radius 3 is 2.19 bits per heavy atom. The van der Waals surface area contributed by atoms with Crippen LogP contribution < -0.4 is 5.73 Å². The number of hydrogen-bond donors (Lipinski definition) is 1. The first-order valence-electron chi connectivity index (χ1n) is 10.2. The molecule has 150 valence electrons. The summed E-state index contributed by atoms with van der Waals surface area (Å²) in [5, 5.41) is 3.97. The van der Waals surface area contributed by atoms with Gasteiger partial charge in [0.1, 0.15) is 0 Å². The van der Waals surface area contributed by atoms with Gasteiger partial charge >= 0.3 is 0 Å². The molecule has 1 amide bonds. The molecule has 0 atom stereocenters. The van der Waals surface area contributed by atoms with Crippen molar-refractivity contribution in [2.45, 2.75) is 51.6 Å². The quantitative estimate of drug-likeness (QED) is 0.836. The van der Waals surface area contributed by atoms with Crippen molar-refractivity contribution in [1.29, 1.82) is 0 Å². The van der Waals surface area contributed by atoms with E-state index in [0.717, 1.165) is 63.2 Å². The van der Waals surface area contributed by atoms with Crippen LogP contribution in [0, 0.1) is 23.2 Å². The van der Waals surface area contributed by atoms with Gasteiger partial charge in [-0.25, -0.2) is 0 Å². The van der Waals surface area contributed by atoms with Crippen LogP contribution >= 0.6 is 12.4 Å². The Balaban J connectivity index is 0.00000180. The van der Waals surface area contributed by atoms with Crippen LogP contribution in [0.5, 0.6) is 0 Å². The summed E-state index contributed by atoms with van der Waals surface area (Å²) in [5.74, 6) is 4.09. The second-order valence-electron chi connectivity index (χ2n) is 9.07. The molecular formula is C19H30ClN5O2. The van der Waals surface area contributed by atoms with Gasteiger partial charge in [0.15, 0.2) is 5.82 Å². The lowest BCUT2D eigenvalue weighted by molar-refractivity contribution is -0.159. The SMILES string of the molecule is Cl.NCc1nc(CN2CCN(C(=O)C34CC5CC(CC(C5)C3)C4)CC2)no1. The van der Waals surface area contributed by atoms with Gasteiger partial charge in [0.2, 0.25) is 11.8 Å². The summed E-state index contributed by atoms with van der Waals surface area (Å²) in [6, 6.07) is 0. The minimum absolute atomic E-state index is 0. The molecular weight excluding hydrogens is 366 g/mol. The number of amides is 1. The van der Waals surface area contributed by atoms with Gasteiger partial charge in [-0.1, -0.05) is 5.16 Å². The van der Waals surface area contributed by atoms with E-state index in [1.807, 2.05) is 0 Å². The molecule has 8 heteroatoms. The lowest BCUT2D eigenvalue weighted by Crippen LogP contribution is -2.58. The fourth-order valence-electron chi connectivity index (χ4n) is 6.45. The number of halogens is 1. The third-order valence-electron chi connectivity index (χ3n) is 7.20. The molecule has 5 fully saturated rings. The van der Waals surface area contributed by atoms with Crippen molar-refractivity contribution in [3.05, 3.63) is 11.7 Å². The van der Waals surface area contributed by atoms with E-state index in [4.69, 9.17) is 10.3 Å². The van der Waals surface area contributed by atoms with E-state index in [1.54, 1.807) is 0 Å². The van der Waals surface area contributed by atoms with E-state index in [-0.39, 0.29) is 24.4 Å². The summed E-state index contributed by atoms with van der Waals surface area (Å²) in [6.45, 7) is 4.35. The summed E-state index contributed by atoms with van der Waals surface area (Å²) in [6.07, 6.45) is 7.62. The zero-order valence-electron chi connectivity index (χ0n) is 15.8. The van der Waals surface area contributed by atoms with Crippen molar-refractivity contribution < 1.29 is 9.32 Å². The van der Waals surface area contributed by atoms with E-state index >= 15 is 0 Å². The highest BCUT2D eigenvalue weighted by Crippen LogP contribution is 2.60. The van der Waals surface area contributed by atoms with Crippen LogP contribution in [0.2, 0.25) is 0 Å². The average Bonchev–Trinajstić information content (AvgIpc) is 3.08. The molecule has 0 unspecified atom stereocenters. The maximum atomic E-state index is 13.4. The maximum Gasteiger partial charge on any atom is 0.240 e. The third-order valence-corrected chi connectivity index (χ3v) is 7.20. The van der Waals surface area contributed by atoms with Gasteiger partial charge in [-0.05, 0) is 56.3 Å². The van der Waals surface area contributed by atoms with E-state index in [2.05, 4.69) is 19.9 Å². The number of nitrogens with zero attached hydrogens (tertiary/aromatic N) is 4. The molecule has 0 aromatic carbocycles. The number of aromatic nitrogens is 2. The lowest BCUT2D eigenvalue weighted by atomic mass is 9.49. The van der Waals surface area contributed by atoms with Crippen LogP contribution in [0.3, 0.4) is 0 Å². The molecule has 0 radical (unpaired) electrons. The van der Waals surface area contributed by atoms with Gasteiger partial charge in [-0.15, -0.1) is 12.4 Å². The van der Waals surface area contributed by atoms with Gasteiger partial charge < -0.3 is 15.2 Å². The molecule has 1 aromatic heterocycles. The largest absolute Gasteiger partial charge is 0.340 e. The molecule has 5 aliphatic rings. The molecule has 4 bridgehead atoms. The second kappa shape index (κ2) is 7.33. The molecule has 0 spiro atoms. The van der Waals surface area contributed by atoms with Crippen molar-refractivity contribution in [2.24, 2.45) is 28.9 Å². The minimum atomic E-state index is -0.0133. The molecule has 4 aliphatic carbocycles. The number of hydrogen-bond acceptors (Lipinski definition) is 6. The standard InChI is InChI=1S/C19H29N5O2.ClH/c20-11-17-21-16(22-26-17)12-23-1-3-24(4-2-23)18(25)19-8-13-5-14(9-19)7-15(6-13)10-19;/h13-15H,1-12,20H2;1H. The highest BCUT2D eigenvalue weighted by molar-refractivity contribution is 5.85. The van der Waals surface area contributed by atoms with Crippen LogP contribution in [0.4, 0.5) is 0 Å². The van der Waals surface area contributed by atoms with Gasteiger partial charge in [-0.2, -0.15) is 4.98 Å². The van der Waals surface area contributed by atoms with E-state index < -0.39 is 0 Å². The number of piperazine rings is 1. The Morgan fingerprint density at radius 2 is 1.67 bits per heavy atom. The van der Waals surface area contributed by atoms with E-state index in [9.17, 15) is 4.79 Å². The summed E-state index contributed by atoms with van der Waals surface area (Å²) < 4.78 is 5.08. The number of rotatable bonds is 4. The van der Waals surface area contributed by atoms with Crippen molar-refractivity contribution >= 4 is 18.3 Å². The molecule has 2 heterocycles. The van der Waals surface area contributed by atoms with Crippen molar-refractivity contribution in [1.82, 2.24) is 19.9 Å². The normalized spacial score (nSPS) is 35.3. The third kappa shape index (κ3) is 3.49. The Hall–Kier alpha value is -1.18. The van der Waals surface area contributed by atoms with Gasteiger partial charge in [-0.3, -0.25) is 9.69 Å². The molecule has 1 aliphatic heterocycles. The van der Waals surface area contributed by atoms with E-state index in [0.29, 0.717) is 24.2 Å². The Bertz CT molecular complexity index is 650. The molecule has 4 saturated carbocycles. The fourth-order valence-corrected chi connectivity index (χ4v) is 6.45. The van der Waals surface area contributed by atoms with E-state index in [1.165, 1.54) is 19.3 Å². The predicted molar refractivity (Wildman–Crippen MR) is 102 cm³/mol. The molecule has 1 saturated heterocycles. The van der Waals surface area contributed by atoms with Crippen LogP contribution in [-0.4, -0.2) is 52.0 Å². The van der Waals surface area contributed by atoms with Crippen molar-refractivity contribution in [3.63, 3.8) is 0 Å². The first-order valence-corrected chi connectivity index (χ1v) is 10.2. The minimum Gasteiger partial charge on any atom is -0.340 e. The molecule has 6 rings (SSSR count). The topological polar surface area (TPSA) is 88.5 Å². The Labute approximate surface area is 166 Å². The summed E-state index contributed by atoms with van der Waals surface area (Å²) >= 11 is 0. The summed E-state index contributed by atoms with van der Waals surface area (Å²) in [4.78, 5) is 22.1. The first-order chi connectivity index (χ1) is 12.6. The summed E-state index contributed by atoms with van der Waals surface area (Å²) in [7, 11) is 0. The smallest absolute Gasteiger partial charge is 0.240 e. The fraction of sp³-hybridized carbons (Fsp3) is 0.842. The molecule has 2 N–H and O–H groups in total. The van der Waals surface area contributed by atoms with Crippen LogP contribution in [-0.2, 0) is 17.9 Å². The average molecular weight is 396 g/mol. The Morgan fingerprint density at radius 1 is 1.07 bits per heavy atom. The molecule has 1 aromatic rings. The maximum absolute atomic E-state index is 13.4. The monoisotopic (exact) mass is 395 g/mol. The highest BCUT2D eigenvalue weighted by atomic mass is 35.5. The predicted octanol–water partition coefficient (Wildman–Crippen LogP) is 1.81. The Kier molecular flexibility index (Phi) is 5.20. The van der Waals surface area contributed by atoms with Crippen LogP contribution in [0.1, 0.15) is 50.2 Å². The van der Waals surface area contributed by atoms with Crippen molar-refractivity contribution in [2.75, 3.05) is 26.2 Å². The summed E-state index contributed by atoms with van der Waals surface area (Å²) in [5.41, 5.74) is 5.50. The first kappa shape index (κ1) is 19.2. The number of carbonyl (C=O) groups is 1. The van der Waals surface area contributed by atoms with Crippen molar-refractivity contribution in [3.8, 4) is 0 Å². The molecule has 7 nitrogen and oxygen atoms in total. The van der Waals surface area contributed by atoms with Gasteiger partial charge in [0, 0.05) is 26.2 Å². The zero-order valence-corrected chi connectivity index (χ0v) is 16.6.